The monoisotopic (exact) mass is 241 g/mol. The van der Waals surface area contributed by atoms with Gasteiger partial charge in [0.2, 0.25) is 10.0 Å². The van der Waals surface area contributed by atoms with Crippen molar-refractivity contribution in [3.63, 3.8) is 0 Å². The van der Waals surface area contributed by atoms with Gasteiger partial charge in [-0.15, -0.1) is 0 Å². The van der Waals surface area contributed by atoms with E-state index in [1.807, 2.05) is 6.07 Å². The maximum Gasteiger partial charge on any atom is 0.243 e. The second-order valence-electron chi connectivity index (χ2n) is 4.07. The van der Waals surface area contributed by atoms with Crippen molar-refractivity contribution in [1.29, 1.82) is 0 Å². The number of aliphatic hydroxyl groups is 1. The number of rotatable bonds is 2. The molecule has 0 saturated carbocycles. The van der Waals surface area contributed by atoms with Crippen LogP contribution in [0.5, 0.6) is 0 Å². The highest BCUT2D eigenvalue weighted by Gasteiger charge is 2.32. The molecule has 1 N–H and O–H groups in total. The van der Waals surface area contributed by atoms with E-state index < -0.39 is 16.1 Å². The lowest BCUT2D eigenvalue weighted by atomic mass is 10.2. The molecule has 1 aromatic rings. The number of aliphatic hydroxyl groups excluding tert-OH is 1. The minimum absolute atomic E-state index is 0.205. The van der Waals surface area contributed by atoms with Crippen molar-refractivity contribution in [2.75, 3.05) is 13.1 Å². The Morgan fingerprint density at radius 3 is 2.62 bits per heavy atom. The van der Waals surface area contributed by atoms with Crippen LogP contribution in [0.3, 0.4) is 0 Å². The average molecular weight is 241 g/mol. The zero-order chi connectivity index (χ0) is 11.8. The van der Waals surface area contributed by atoms with Gasteiger partial charge in [-0.25, -0.2) is 8.42 Å². The second kappa shape index (κ2) is 4.16. The van der Waals surface area contributed by atoms with Crippen LogP contribution in [-0.2, 0) is 10.0 Å². The Balaban J connectivity index is 2.36. The van der Waals surface area contributed by atoms with E-state index in [9.17, 15) is 13.5 Å². The highest BCUT2D eigenvalue weighted by molar-refractivity contribution is 7.89. The fraction of sp³-hybridized carbons (Fsp3) is 0.455. The van der Waals surface area contributed by atoms with Crippen LogP contribution in [0.15, 0.2) is 29.2 Å². The zero-order valence-electron chi connectivity index (χ0n) is 9.13. The minimum atomic E-state index is -3.43. The molecular weight excluding hydrogens is 226 g/mol. The highest BCUT2D eigenvalue weighted by atomic mass is 32.2. The highest BCUT2D eigenvalue weighted by Crippen LogP contribution is 2.23. The van der Waals surface area contributed by atoms with E-state index in [0.717, 1.165) is 5.56 Å². The van der Waals surface area contributed by atoms with Gasteiger partial charge in [0, 0.05) is 13.1 Å². The van der Waals surface area contributed by atoms with Gasteiger partial charge < -0.3 is 5.11 Å². The molecule has 2 rings (SSSR count). The third-order valence-corrected chi connectivity index (χ3v) is 4.86. The molecule has 88 valence electrons. The number of nitrogens with zero attached hydrogens (tertiary/aromatic N) is 1. The molecule has 1 atom stereocenters. The first-order valence-electron chi connectivity index (χ1n) is 5.25. The lowest BCUT2D eigenvalue weighted by Crippen LogP contribution is -2.30. The molecule has 0 bridgehead atoms. The normalized spacial score (nSPS) is 22.5. The van der Waals surface area contributed by atoms with E-state index in [1.54, 1.807) is 25.1 Å². The van der Waals surface area contributed by atoms with Gasteiger partial charge in [0.05, 0.1) is 11.0 Å². The van der Waals surface area contributed by atoms with Gasteiger partial charge in [0.1, 0.15) is 0 Å². The van der Waals surface area contributed by atoms with Crippen molar-refractivity contribution in [3.05, 3.63) is 29.8 Å². The van der Waals surface area contributed by atoms with Crippen LogP contribution < -0.4 is 0 Å². The number of hydrogen-bond acceptors (Lipinski definition) is 3. The van der Waals surface area contributed by atoms with Crippen molar-refractivity contribution in [3.8, 4) is 0 Å². The predicted molar refractivity (Wildman–Crippen MR) is 60.6 cm³/mol. The number of sulfonamides is 1. The van der Waals surface area contributed by atoms with Gasteiger partial charge in [0.15, 0.2) is 0 Å². The first-order valence-corrected chi connectivity index (χ1v) is 6.69. The molecule has 1 heterocycles. The number of hydrogen-bond donors (Lipinski definition) is 1. The summed E-state index contributed by atoms with van der Waals surface area (Å²) in [5.41, 5.74) is 0.740. The first-order chi connectivity index (χ1) is 7.51. The molecule has 16 heavy (non-hydrogen) atoms. The summed E-state index contributed by atoms with van der Waals surface area (Å²) in [6.45, 7) is 2.38. The lowest BCUT2D eigenvalue weighted by molar-refractivity contribution is 0.189. The molecule has 5 heteroatoms. The molecule has 1 saturated heterocycles. The summed E-state index contributed by atoms with van der Waals surface area (Å²) >= 11 is 0. The lowest BCUT2D eigenvalue weighted by Gasteiger charge is -2.17. The van der Waals surface area contributed by atoms with E-state index >= 15 is 0 Å². The minimum Gasteiger partial charge on any atom is -0.392 e. The topological polar surface area (TPSA) is 57.6 Å². The van der Waals surface area contributed by atoms with E-state index in [1.165, 1.54) is 4.31 Å². The number of β-amino-alcohol motifs (C(OH)–C–C–N with tert-alkyl or cyclic N) is 1. The number of benzene rings is 1. The summed E-state index contributed by atoms with van der Waals surface area (Å²) in [7, 11) is -3.43. The summed E-state index contributed by atoms with van der Waals surface area (Å²) in [4.78, 5) is 0.337. The summed E-state index contributed by atoms with van der Waals surface area (Å²) < 4.78 is 25.8. The van der Waals surface area contributed by atoms with Gasteiger partial charge in [-0.2, -0.15) is 4.31 Å². The maximum absolute atomic E-state index is 12.2. The number of aryl methyl sites for hydroxylation is 1. The summed E-state index contributed by atoms with van der Waals surface area (Å²) in [6, 6.07) is 6.91. The smallest absolute Gasteiger partial charge is 0.243 e. The van der Waals surface area contributed by atoms with Crippen molar-refractivity contribution >= 4 is 10.0 Å². The molecule has 4 nitrogen and oxygen atoms in total. The molecule has 0 aromatic heterocycles. The van der Waals surface area contributed by atoms with Crippen molar-refractivity contribution in [2.24, 2.45) is 0 Å². The molecule has 0 spiro atoms. The molecule has 0 radical (unpaired) electrons. The van der Waals surface area contributed by atoms with Gasteiger partial charge in [-0.3, -0.25) is 0 Å². The fourth-order valence-electron chi connectivity index (χ4n) is 1.91. The second-order valence-corrected chi connectivity index (χ2v) is 5.98. The largest absolute Gasteiger partial charge is 0.392 e. The third-order valence-electron chi connectivity index (χ3n) is 2.84. The van der Waals surface area contributed by atoms with Crippen molar-refractivity contribution < 1.29 is 13.5 Å². The predicted octanol–water partition coefficient (Wildman–Crippen LogP) is 0.750. The van der Waals surface area contributed by atoms with Crippen molar-refractivity contribution in [1.82, 2.24) is 4.31 Å². The Morgan fingerprint density at radius 1 is 1.38 bits per heavy atom. The Morgan fingerprint density at radius 2 is 2.06 bits per heavy atom. The zero-order valence-corrected chi connectivity index (χ0v) is 9.94. The molecule has 1 aliphatic heterocycles. The average Bonchev–Trinajstić information content (AvgIpc) is 2.66. The fourth-order valence-corrected chi connectivity index (χ4v) is 3.63. The summed E-state index contributed by atoms with van der Waals surface area (Å²) in [5.74, 6) is 0. The van der Waals surface area contributed by atoms with E-state index in [2.05, 4.69) is 0 Å². The SMILES string of the molecule is Cc1ccccc1S(=O)(=O)N1CCC(O)C1. The molecule has 0 aliphatic carbocycles. The Hall–Kier alpha value is -0.910. The quantitative estimate of drug-likeness (QED) is 0.831. The summed E-state index contributed by atoms with van der Waals surface area (Å²) in [5, 5.41) is 9.37. The Kier molecular flexibility index (Phi) is 3.01. The van der Waals surface area contributed by atoms with Gasteiger partial charge in [0.25, 0.3) is 0 Å². The third kappa shape index (κ3) is 1.98. The molecule has 1 fully saturated rings. The maximum atomic E-state index is 12.2. The Labute approximate surface area is 95.6 Å². The van der Waals surface area contributed by atoms with Crippen LogP contribution in [0.1, 0.15) is 12.0 Å². The molecule has 1 unspecified atom stereocenters. The molecule has 1 aromatic carbocycles. The molecule has 0 amide bonds. The first kappa shape index (κ1) is 11.6. The van der Waals surface area contributed by atoms with Crippen LogP contribution in [0.2, 0.25) is 0 Å². The Bertz CT molecular complexity index is 484. The van der Waals surface area contributed by atoms with Gasteiger partial charge in [-0.1, -0.05) is 18.2 Å². The van der Waals surface area contributed by atoms with Crippen molar-refractivity contribution in [2.45, 2.75) is 24.3 Å². The van der Waals surface area contributed by atoms with E-state index in [0.29, 0.717) is 17.9 Å². The van der Waals surface area contributed by atoms with Crippen LogP contribution in [-0.4, -0.2) is 37.0 Å². The van der Waals surface area contributed by atoms with Crippen LogP contribution in [0.25, 0.3) is 0 Å². The van der Waals surface area contributed by atoms with Crippen LogP contribution >= 0.6 is 0 Å². The van der Waals surface area contributed by atoms with E-state index in [-0.39, 0.29) is 6.54 Å². The van der Waals surface area contributed by atoms with E-state index in [4.69, 9.17) is 0 Å². The van der Waals surface area contributed by atoms with Crippen LogP contribution in [0.4, 0.5) is 0 Å². The van der Waals surface area contributed by atoms with Gasteiger partial charge in [-0.05, 0) is 25.0 Å². The van der Waals surface area contributed by atoms with Crippen LogP contribution in [0, 0.1) is 6.92 Å². The molecular formula is C11H15NO3S. The van der Waals surface area contributed by atoms with Gasteiger partial charge >= 0.3 is 0 Å². The standard InChI is InChI=1S/C11H15NO3S/c1-9-4-2-3-5-11(9)16(14,15)12-7-6-10(13)8-12/h2-5,10,13H,6-8H2,1H3. The molecule has 1 aliphatic rings. The summed E-state index contributed by atoms with van der Waals surface area (Å²) in [6.07, 6.45) is -0.00994.